The maximum atomic E-state index is 14.5. The van der Waals surface area contributed by atoms with Crippen LogP contribution >= 0.6 is 0 Å². The average Bonchev–Trinajstić information content (AvgIpc) is 2.60. The molecule has 2 heterocycles. The molecule has 2 rings (SSSR count). The summed E-state index contributed by atoms with van der Waals surface area (Å²) in [4.78, 5) is 6.35. The lowest BCUT2D eigenvalue weighted by Crippen LogP contribution is -2.41. The van der Waals surface area contributed by atoms with E-state index in [1.54, 1.807) is 0 Å². The van der Waals surface area contributed by atoms with Gasteiger partial charge < -0.3 is 14.2 Å². The second kappa shape index (κ2) is 5.67. The van der Waals surface area contributed by atoms with Crippen molar-refractivity contribution in [3.63, 3.8) is 0 Å². The lowest BCUT2D eigenvalue weighted by Gasteiger charge is -2.32. The van der Waals surface area contributed by atoms with Crippen molar-refractivity contribution in [1.82, 2.24) is 4.98 Å². The van der Waals surface area contributed by atoms with Crippen LogP contribution in [0.5, 0.6) is 0 Å². The normalized spacial score (nSPS) is 20.4. The van der Waals surface area contributed by atoms with E-state index in [0.717, 1.165) is 17.1 Å². The smallest absolute Gasteiger partial charge is 0.398 e. The van der Waals surface area contributed by atoms with Crippen LogP contribution in [-0.2, 0) is 9.31 Å². The molecule has 6 heteroatoms. The Kier molecular flexibility index (Phi) is 4.37. The molecule has 0 aliphatic carbocycles. The van der Waals surface area contributed by atoms with E-state index < -0.39 is 24.0 Å². The molecule has 1 fully saturated rings. The van der Waals surface area contributed by atoms with Crippen LogP contribution in [0.4, 0.5) is 10.2 Å². The highest BCUT2D eigenvalue weighted by Gasteiger charge is 2.53. The largest absolute Gasteiger partial charge is 0.525 e. The molecule has 120 valence electrons. The van der Waals surface area contributed by atoms with Gasteiger partial charge in [0.2, 0.25) is 0 Å². The minimum Gasteiger partial charge on any atom is -0.398 e. The molecule has 1 aromatic rings. The van der Waals surface area contributed by atoms with Gasteiger partial charge in [0.25, 0.3) is 0 Å². The van der Waals surface area contributed by atoms with Crippen LogP contribution in [0.15, 0.2) is 17.9 Å². The third-order valence-corrected chi connectivity index (χ3v) is 4.34. The highest BCUT2D eigenvalue weighted by Crippen LogP contribution is 2.39. The van der Waals surface area contributed by atoms with Crippen LogP contribution in [0.25, 0.3) is 6.08 Å². The predicted octanol–water partition coefficient (Wildman–Crippen LogP) is 3.40. The number of hydrogen-bond acceptors (Lipinski definition) is 4. The van der Waals surface area contributed by atoms with Crippen molar-refractivity contribution in [3.05, 3.63) is 29.1 Å². The molecule has 0 amide bonds. The Bertz CT molecular complexity index is 584. The van der Waals surface area contributed by atoms with E-state index in [1.165, 1.54) is 6.08 Å². The van der Waals surface area contributed by atoms with Crippen LogP contribution in [-0.4, -0.2) is 37.4 Å². The number of nitrogens with zero attached hydrogens (tertiary/aromatic N) is 2. The second-order valence-electron chi connectivity index (χ2n) is 6.86. The molecular formula is C16H24BFN2O2. The molecule has 0 radical (unpaired) electrons. The number of anilines is 1. The maximum Gasteiger partial charge on any atom is 0.525 e. The minimum atomic E-state index is -0.974. The van der Waals surface area contributed by atoms with Crippen molar-refractivity contribution in [1.29, 1.82) is 0 Å². The lowest BCUT2D eigenvalue weighted by atomic mass is 9.86. The predicted molar refractivity (Wildman–Crippen MR) is 88.5 cm³/mol. The molecule has 0 N–H and O–H groups in total. The molecule has 1 aliphatic heterocycles. The zero-order chi connectivity index (χ0) is 16.7. The van der Waals surface area contributed by atoms with Gasteiger partial charge in [-0.25, -0.2) is 9.37 Å². The summed E-state index contributed by atoms with van der Waals surface area (Å²) in [6.45, 7) is 9.46. The zero-order valence-corrected chi connectivity index (χ0v) is 14.4. The first-order valence-corrected chi connectivity index (χ1v) is 7.41. The molecule has 22 heavy (non-hydrogen) atoms. The van der Waals surface area contributed by atoms with Gasteiger partial charge in [0.05, 0.1) is 11.2 Å². The van der Waals surface area contributed by atoms with Crippen LogP contribution in [0, 0.1) is 6.92 Å². The van der Waals surface area contributed by atoms with Crippen LogP contribution in [0.2, 0.25) is 0 Å². The third kappa shape index (κ3) is 3.18. The summed E-state index contributed by atoms with van der Waals surface area (Å²) in [5, 5.41) is 0. The van der Waals surface area contributed by atoms with Gasteiger partial charge in [-0.15, -0.1) is 0 Å². The molecule has 0 bridgehead atoms. The van der Waals surface area contributed by atoms with Crippen molar-refractivity contribution in [3.8, 4) is 0 Å². The standard InChI is InChI=1S/C16H24BFN2O2/c1-11-12(8-9-14(19-11)20(6)7)10-13(18)17-21-15(2,3)16(4,5)22-17/h8-10H,1-7H3. The SMILES string of the molecule is Cc1nc(N(C)C)ccc1C=C(F)B1OC(C)(C)C(C)(C)O1. The first-order chi connectivity index (χ1) is 10.0. The summed E-state index contributed by atoms with van der Waals surface area (Å²) in [7, 11) is 2.86. The van der Waals surface area contributed by atoms with E-state index in [4.69, 9.17) is 9.31 Å². The fourth-order valence-corrected chi connectivity index (χ4v) is 2.13. The van der Waals surface area contributed by atoms with Gasteiger partial charge in [-0.05, 0) is 58.4 Å². The summed E-state index contributed by atoms with van der Waals surface area (Å²) in [6.07, 6.45) is 1.43. The first-order valence-electron chi connectivity index (χ1n) is 7.41. The van der Waals surface area contributed by atoms with Crippen molar-refractivity contribution in [2.45, 2.75) is 45.8 Å². The van der Waals surface area contributed by atoms with Gasteiger partial charge in [0.1, 0.15) is 11.5 Å². The maximum absolute atomic E-state index is 14.5. The van der Waals surface area contributed by atoms with E-state index >= 15 is 0 Å². The number of hydrogen-bond donors (Lipinski definition) is 0. The van der Waals surface area contributed by atoms with Crippen molar-refractivity contribution < 1.29 is 13.7 Å². The Morgan fingerprint density at radius 2 is 1.73 bits per heavy atom. The monoisotopic (exact) mass is 306 g/mol. The number of aromatic nitrogens is 1. The fraction of sp³-hybridized carbons (Fsp3) is 0.562. The topological polar surface area (TPSA) is 34.6 Å². The molecule has 0 atom stereocenters. The molecule has 0 saturated carbocycles. The summed E-state index contributed by atoms with van der Waals surface area (Å²) in [6, 6.07) is 3.71. The van der Waals surface area contributed by atoms with Gasteiger partial charge in [0.15, 0.2) is 0 Å². The van der Waals surface area contributed by atoms with E-state index in [9.17, 15) is 4.39 Å². The molecular weight excluding hydrogens is 282 g/mol. The van der Waals surface area contributed by atoms with E-state index in [2.05, 4.69) is 4.98 Å². The van der Waals surface area contributed by atoms with Gasteiger partial charge in [-0.3, -0.25) is 0 Å². The number of halogens is 1. The van der Waals surface area contributed by atoms with E-state index in [-0.39, 0.29) is 0 Å². The summed E-state index contributed by atoms with van der Waals surface area (Å²) >= 11 is 0. The van der Waals surface area contributed by atoms with Gasteiger partial charge >= 0.3 is 7.12 Å². The number of aryl methyl sites for hydroxylation is 1. The number of pyridine rings is 1. The van der Waals surface area contributed by atoms with Crippen LogP contribution < -0.4 is 4.90 Å². The second-order valence-corrected chi connectivity index (χ2v) is 6.86. The molecule has 0 unspecified atom stereocenters. The molecule has 1 aromatic heterocycles. The summed E-state index contributed by atoms with van der Waals surface area (Å²) in [5.74, 6) is 0.839. The average molecular weight is 306 g/mol. The highest BCUT2D eigenvalue weighted by atomic mass is 19.1. The van der Waals surface area contributed by atoms with Crippen molar-refractivity contribution >= 4 is 19.0 Å². The van der Waals surface area contributed by atoms with E-state index in [1.807, 2.05) is 65.7 Å². The Morgan fingerprint density at radius 1 is 1.18 bits per heavy atom. The van der Waals surface area contributed by atoms with Crippen molar-refractivity contribution in [2.24, 2.45) is 0 Å². The van der Waals surface area contributed by atoms with Gasteiger partial charge in [-0.1, -0.05) is 0 Å². The fourth-order valence-electron chi connectivity index (χ4n) is 2.13. The van der Waals surface area contributed by atoms with Crippen LogP contribution in [0.1, 0.15) is 39.0 Å². The summed E-state index contributed by atoms with van der Waals surface area (Å²) < 4.78 is 25.9. The van der Waals surface area contributed by atoms with Crippen molar-refractivity contribution in [2.75, 3.05) is 19.0 Å². The van der Waals surface area contributed by atoms with Crippen LogP contribution in [0.3, 0.4) is 0 Å². The quantitative estimate of drug-likeness (QED) is 0.802. The molecule has 1 aliphatic rings. The Labute approximate surface area is 132 Å². The van der Waals surface area contributed by atoms with Gasteiger partial charge in [-0.2, -0.15) is 0 Å². The Hall–Kier alpha value is -1.40. The Morgan fingerprint density at radius 3 is 2.18 bits per heavy atom. The zero-order valence-electron chi connectivity index (χ0n) is 14.4. The van der Waals surface area contributed by atoms with E-state index in [0.29, 0.717) is 0 Å². The third-order valence-electron chi connectivity index (χ3n) is 4.34. The molecule has 1 saturated heterocycles. The number of rotatable bonds is 3. The van der Waals surface area contributed by atoms with Gasteiger partial charge in [0, 0.05) is 19.8 Å². The molecule has 4 nitrogen and oxygen atoms in total. The minimum absolute atomic E-state index is 0.443. The molecule has 0 aromatic carbocycles. The molecule has 0 spiro atoms. The Balaban J connectivity index is 2.24. The summed E-state index contributed by atoms with van der Waals surface area (Å²) in [5.41, 5.74) is -0.0626. The highest BCUT2D eigenvalue weighted by molar-refractivity contribution is 6.54. The lowest BCUT2D eigenvalue weighted by molar-refractivity contribution is 0.00578. The first kappa shape index (κ1) is 17.0.